The summed E-state index contributed by atoms with van der Waals surface area (Å²) in [6, 6.07) is 5.90. The van der Waals surface area contributed by atoms with Crippen LogP contribution >= 0.6 is 0 Å². The minimum Gasteiger partial charge on any atom is -0.411 e. The molecular weight excluding hydrogens is 169 g/mol. The Hall–Kier alpha value is -1.38. The van der Waals surface area contributed by atoms with Gasteiger partial charge in [-0.05, 0) is 23.6 Å². The van der Waals surface area contributed by atoms with Crippen molar-refractivity contribution in [2.75, 3.05) is 0 Å². The lowest BCUT2D eigenvalue weighted by Crippen LogP contribution is -2.09. The largest absolute Gasteiger partial charge is 0.411 e. The molecule has 1 N–H and O–H groups in total. The molecule has 70 valence electrons. The van der Waals surface area contributed by atoms with E-state index in [1.54, 1.807) is 12.1 Å². The summed E-state index contributed by atoms with van der Waals surface area (Å²) in [5, 5.41) is 11.9. The number of rotatable bonds is 2. The van der Waals surface area contributed by atoms with Crippen LogP contribution in [0.2, 0.25) is 0 Å². The summed E-state index contributed by atoms with van der Waals surface area (Å²) in [7, 11) is 0. The minimum atomic E-state index is -0.287. The molecule has 0 radical (unpaired) electrons. The van der Waals surface area contributed by atoms with E-state index in [1.165, 1.54) is 12.1 Å². The Kier molecular flexibility index (Phi) is 3.01. The van der Waals surface area contributed by atoms with Gasteiger partial charge in [0.05, 0.1) is 5.71 Å². The van der Waals surface area contributed by atoms with E-state index in [0.717, 1.165) is 5.56 Å². The van der Waals surface area contributed by atoms with Gasteiger partial charge >= 0.3 is 0 Å². The summed E-state index contributed by atoms with van der Waals surface area (Å²) < 4.78 is 12.6. The molecule has 0 aromatic heterocycles. The predicted molar refractivity (Wildman–Crippen MR) is 49.6 cm³/mol. The fourth-order valence-electron chi connectivity index (χ4n) is 1.13. The second-order valence-electron chi connectivity index (χ2n) is 3.15. The highest BCUT2D eigenvalue weighted by atomic mass is 19.1. The monoisotopic (exact) mass is 181 g/mol. The Labute approximate surface area is 76.7 Å². The third-order valence-corrected chi connectivity index (χ3v) is 1.79. The van der Waals surface area contributed by atoms with E-state index in [9.17, 15) is 4.39 Å². The molecule has 0 fully saturated rings. The normalized spacial score (nSPS) is 12.2. The highest BCUT2D eigenvalue weighted by Gasteiger charge is 2.08. The van der Waals surface area contributed by atoms with Crippen LogP contribution in [-0.2, 0) is 0 Å². The number of hydrogen-bond acceptors (Lipinski definition) is 2. The van der Waals surface area contributed by atoms with Crippen LogP contribution in [0, 0.1) is 11.7 Å². The lowest BCUT2D eigenvalue weighted by atomic mass is 10.0. The third-order valence-electron chi connectivity index (χ3n) is 1.79. The molecule has 0 spiro atoms. The van der Waals surface area contributed by atoms with Crippen LogP contribution in [-0.4, -0.2) is 10.9 Å². The molecule has 0 unspecified atom stereocenters. The number of oxime groups is 1. The van der Waals surface area contributed by atoms with Gasteiger partial charge in [-0.15, -0.1) is 0 Å². The van der Waals surface area contributed by atoms with Gasteiger partial charge in [-0.2, -0.15) is 0 Å². The molecule has 0 aliphatic carbocycles. The molecule has 0 atom stereocenters. The number of hydrogen-bond donors (Lipinski definition) is 1. The van der Waals surface area contributed by atoms with Crippen molar-refractivity contribution in [2.45, 2.75) is 13.8 Å². The molecule has 0 amide bonds. The molecule has 0 aliphatic rings. The number of nitrogens with zero attached hydrogens (tertiary/aromatic N) is 1. The van der Waals surface area contributed by atoms with Crippen LogP contribution in [0.1, 0.15) is 19.4 Å². The van der Waals surface area contributed by atoms with Gasteiger partial charge in [0.1, 0.15) is 5.82 Å². The van der Waals surface area contributed by atoms with E-state index in [-0.39, 0.29) is 11.7 Å². The number of benzene rings is 1. The maximum Gasteiger partial charge on any atom is 0.123 e. The second kappa shape index (κ2) is 4.03. The Balaban J connectivity index is 3.00. The third kappa shape index (κ3) is 2.28. The first kappa shape index (κ1) is 9.71. The van der Waals surface area contributed by atoms with E-state index in [4.69, 9.17) is 5.21 Å². The summed E-state index contributed by atoms with van der Waals surface area (Å²) in [6.07, 6.45) is 0. The second-order valence-corrected chi connectivity index (χ2v) is 3.15. The average Bonchev–Trinajstić information content (AvgIpc) is 2.09. The maximum absolute atomic E-state index is 12.6. The van der Waals surface area contributed by atoms with Gasteiger partial charge in [0.2, 0.25) is 0 Å². The lowest BCUT2D eigenvalue weighted by Gasteiger charge is -2.07. The van der Waals surface area contributed by atoms with Crippen LogP contribution in [0.25, 0.3) is 0 Å². The molecule has 1 aromatic rings. The average molecular weight is 181 g/mol. The fourth-order valence-corrected chi connectivity index (χ4v) is 1.13. The molecule has 13 heavy (non-hydrogen) atoms. The molecule has 0 aliphatic heterocycles. The van der Waals surface area contributed by atoms with E-state index in [2.05, 4.69) is 5.16 Å². The quantitative estimate of drug-likeness (QED) is 0.424. The van der Waals surface area contributed by atoms with Crippen molar-refractivity contribution in [1.82, 2.24) is 0 Å². The highest BCUT2D eigenvalue weighted by Crippen LogP contribution is 2.10. The van der Waals surface area contributed by atoms with Gasteiger partial charge in [0.15, 0.2) is 0 Å². The Morgan fingerprint density at radius 2 is 1.85 bits per heavy atom. The van der Waals surface area contributed by atoms with Crippen molar-refractivity contribution in [1.29, 1.82) is 0 Å². The first-order valence-corrected chi connectivity index (χ1v) is 4.13. The van der Waals surface area contributed by atoms with Crippen molar-refractivity contribution < 1.29 is 9.60 Å². The minimum absolute atomic E-state index is 0.121. The van der Waals surface area contributed by atoms with Gasteiger partial charge in [-0.25, -0.2) is 4.39 Å². The van der Waals surface area contributed by atoms with Gasteiger partial charge in [0.25, 0.3) is 0 Å². The fraction of sp³-hybridized carbons (Fsp3) is 0.300. The Morgan fingerprint density at radius 3 is 2.23 bits per heavy atom. The van der Waals surface area contributed by atoms with Gasteiger partial charge < -0.3 is 5.21 Å². The van der Waals surface area contributed by atoms with Crippen LogP contribution in [0.3, 0.4) is 0 Å². The van der Waals surface area contributed by atoms with E-state index in [1.807, 2.05) is 13.8 Å². The summed E-state index contributed by atoms with van der Waals surface area (Å²) in [5.74, 6) is -0.166. The van der Waals surface area contributed by atoms with E-state index < -0.39 is 0 Å². The molecule has 3 heteroatoms. The van der Waals surface area contributed by atoms with Crippen molar-refractivity contribution in [3.8, 4) is 0 Å². The summed E-state index contributed by atoms with van der Waals surface area (Å²) >= 11 is 0. The number of halogens is 1. The summed E-state index contributed by atoms with van der Waals surface area (Å²) in [6.45, 7) is 3.83. The standard InChI is InChI=1S/C10H12FNO/c1-7(2)10(12-13)8-3-5-9(11)6-4-8/h3-7,13H,1-2H3/b12-10+. The molecule has 0 saturated heterocycles. The molecule has 0 bridgehead atoms. The molecule has 0 saturated carbocycles. The Morgan fingerprint density at radius 1 is 1.31 bits per heavy atom. The Bertz CT molecular complexity index is 303. The molecule has 1 aromatic carbocycles. The lowest BCUT2D eigenvalue weighted by molar-refractivity contribution is 0.316. The zero-order chi connectivity index (χ0) is 9.84. The zero-order valence-corrected chi connectivity index (χ0v) is 7.66. The topological polar surface area (TPSA) is 32.6 Å². The zero-order valence-electron chi connectivity index (χ0n) is 7.66. The maximum atomic E-state index is 12.6. The van der Waals surface area contributed by atoms with Crippen LogP contribution in [0.5, 0.6) is 0 Å². The predicted octanol–water partition coefficient (Wildman–Crippen LogP) is 2.66. The molecule has 1 rings (SSSR count). The van der Waals surface area contributed by atoms with Gasteiger partial charge in [-0.1, -0.05) is 31.1 Å². The highest BCUT2D eigenvalue weighted by molar-refractivity contribution is 6.01. The van der Waals surface area contributed by atoms with Crippen LogP contribution in [0.4, 0.5) is 4.39 Å². The van der Waals surface area contributed by atoms with Crippen molar-refractivity contribution >= 4 is 5.71 Å². The summed E-state index contributed by atoms with van der Waals surface area (Å²) in [5.41, 5.74) is 1.32. The van der Waals surface area contributed by atoms with Crippen molar-refractivity contribution in [2.24, 2.45) is 11.1 Å². The van der Waals surface area contributed by atoms with E-state index in [0.29, 0.717) is 5.71 Å². The summed E-state index contributed by atoms with van der Waals surface area (Å²) in [4.78, 5) is 0. The first-order valence-electron chi connectivity index (χ1n) is 4.13. The van der Waals surface area contributed by atoms with Crippen LogP contribution in [0.15, 0.2) is 29.4 Å². The molecule has 2 nitrogen and oxygen atoms in total. The van der Waals surface area contributed by atoms with Crippen molar-refractivity contribution in [3.63, 3.8) is 0 Å². The van der Waals surface area contributed by atoms with E-state index >= 15 is 0 Å². The molecule has 0 heterocycles. The first-order chi connectivity index (χ1) is 6.15. The smallest absolute Gasteiger partial charge is 0.123 e. The van der Waals surface area contributed by atoms with Gasteiger partial charge in [-0.3, -0.25) is 0 Å². The van der Waals surface area contributed by atoms with Crippen LogP contribution < -0.4 is 0 Å². The van der Waals surface area contributed by atoms with Gasteiger partial charge in [0, 0.05) is 0 Å². The molecular formula is C10H12FNO. The van der Waals surface area contributed by atoms with Crippen molar-refractivity contribution in [3.05, 3.63) is 35.6 Å². The SMILES string of the molecule is CC(C)/C(=N\O)c1ccc(F)cc1.